The van der Waals surface area contributed by atoms with E-state index in [1.165, 1.54) is 11.3 Å². The second kappa shape index (κ2) is 8.11. The molecule has 1 rings (SSSR count). The summed E-state index contributed by atoms with van der Waals surface area (Å²) >= 11 is 7.24. The van der Waals surface area contributed by atoms with Crippen LogP contribution in [0, 0.1) is 5.92 Å². The Hall–Kier alpha value is -1.27. The highest BCUT2D eigenvalue weighted by Gasteiger charge is 2.24. The second-order valence-electron chi connectivity index (χ2n) is 4.51. The predicted octanol–water partition coefficient (Wildman–Crippen LogP) is 2.79. The Morgan fingerprint density at radius 3 is 2.60 bits per heavy atom. The van der Waals surface area contributed by atoms with Crippen LogP contribution < -0.4 is 10.6 Å². The van der Waals surface area contributed by atoms with Crippen LogP contribution in [0.2, 0.25) is 4.34 Å². The molecule has 1 aromatic heterocycles. The zero-order valence-corrected chi connectivity index (χ0v) is 13.3. The minimum Gasteiger partial charge on any atom is -0.450 e. The van der Waals surface area contributed by atoms with Crippen molar-refractivity contribution < 1.29 is 14.3 Å². The van der Waals surface area contributed by atoms with Crippen molar-refractivity contribution in [1.29, 1.82) is 0 Å². The summed E-state index contributed by atoms with van der Waals surface area (Å²) in [5, 5.41) is 5.35. The molecule has 1 aromatic rings. The third-order valence-corrected chi connectivity index (χ3v) is 3.79. The van der Waals surface area contributed by atoms with Gasteiger partial charge in [-0.2, -0.15) is 0 Å². The van der Waals surface area contributed by atoms with Gasteiger partial charge in [-0.25, -0.2) is 4.79 Å². The van der Waals surface area contributed by atoms with Crippen LogP contribution in [-0.2, 0) is 16.1 Å². The van der Waals surface area contributed by atoms with Gasteiger partial charge in [0, 0.05) is 4.88 Å². The number of carbonyl (C=O) groups is 2. The number of hydrogen-bond donors (Lipinski definition) is 2. The maximum atomic E-state index is 12.1. The number of thiophene rings is 1. The van der Waals surface area contributed by atoms with E-state index in [0.29, 0.717) is 10.9 Å². The van der Waals surface area contributed by atoms with Crippen LogP contribution in [0.1, 0.15) is 25.6 Å². The van der Waals surface area contributed by atoms with E-state index in [2.05, 4.69) is 10.6 Å². The van der Waals surface area contributed by atoms with Crippen molar-refractivity contribution in [3.63, 3.8) is 0 Å². The van der Waals surface area contributed by atoms with Crippen molar-refractivity contribution in [1.82, 2.24) is 10.6 Å². The lowest BCUT2D eigenvalue weighted by atomic mass is 10.0. The SMILES string of the molecule is CCOC(=O)NC(C(=O)NCc1ccc(Cl)s1)C(C)C. The van der Waals surface area contributed by atoms with Gasteiger partial charge in [-0.1, -0.05) is 25.4 Å². The third-order valence-electron chi connectivity index (χ3n) is 2.56. The van der Waals surface area contributed by atoms with Crippen LogP contribution in [-0.4, -0.2) is 24.6 Å². The molecule has 0 saturated carbocycles. The highest BCUT2D eigenvalue weighted by atomic mass is 35.5. The van der Waals surface area contributed by atoms with E-state index in [1.54, 1.807) is 13.0 Å². The summed E-state index contributed by atoms with van der Waals surface area (Å²) in [7, 11) is 0. The van der Waals surface area contributed by atoms with E-state index in [-0.39, 0.29) is 18.4 Å². The summed E-state index contributed by atoms with van der Waals surface area (Å²) in [4.78, 5) is 24.5. The molecule has 0 fully saturated rings. The van der Waals surface area contributed by atoms with Crippen molar-refractivity contribution in [2.75, 3.05) is 6.61 Å². The summed E-state index contributed by atoms with van der Waals surface area (Å²) in [5.41, 5.74) is 0. The Balaban J connectivity index is 2.53. The number of amides is 2. The van der Waals surface area contributed by atoms with Gasteiger partial charge >= 0.3 is 6.09 Å². The fourth-order valence-electron chi connectivity index (χ4n) is 1.57. The molecule has 0 saturated heterocycles. The first-order chi connectivity index (χ1) is 9.43. The number of hydrogen-bond acceptors (Lipinski definition) is 4. The molecule has 0 aliphatic rings. The van der Waals surface area contributed by atoms with Crippen molar-refractivity contribution in [3.05, 3.63) is 21.3 Å². The molecule has 7 heteroatoms. The molecule has 1 atom stereocenters. The number of nitrogens with one attached hydrogen (secondary N) is 2. The summed E-state index contributed by atoms with van der Waals surface area (Å²) in [6.07, 6.45) is -0.583. The number of ether oxygens (including phenoxy) is 1. The highest BCUT2D eigenvalue weighted by molar-refractivity contribution is 7.16. The zero-order valence-electron chi connectivity index (χ0n) is 11.7. The maximum absolute atomic E-state index is 12.1. The predicted molar refractivity (Wildman–Crippen MR) is 80.0 cm³/mol. The van der Waals surface area contributed by atoms with Gasteiger partial charge in [0.15, 0.2) is 0 Å². The van der Waals surface area contributed by atoms with Gasteiger partial charge in [0.1, 0.15) is 6.04 Å². The first kappa shape index (κ1) is 16.8. The normalized spacial score (nSPS) is 12.1. The molecular formula is C13H19ClN2O3S. The smallest absolute Gasteiger partial charge is 0.407 e. The molecule has 0 aromatic carbocycles. The lowest BCUT2D eigenvalue weighted by molar-refractivity contribution is -0.124. The van der Waals surface area contributed by atoms with Gasteiger partial charge in [0.25, 0.3) is 0 Å². The van der Waals surface area contributed by atoms with Gasteiger partial charge in [-0.05, 0) is 25.0 Å². The van der Waals surface area contributed by atoms with Crippen LogP contribution >= 0.6 is 22.9 Å². The van der Waals surface area contributed by atoms with Gasteiger partial charge in [-0.3, -0.25) is 4.79 Å². The summed E-state index contributed by atoms with van der Waals surface area (Å²) < 4.78 is 5.47. The highest BCUT2D eigenvalue weighted by Crippen LogP contribution is 2.21. The molecule has 0 radical (unpaired) electrons. The summed E-state index contributed by atoms with van der Waals surface area (Å²) in [5.74, 6) is -0.274. The third kappa shape index (κ3) is 5.38. The average Bonchev–Trinajstić information content (AvgIpc) is 2.79. The Bertz CT molecular complexity index is 462. The molecule has 1 unspecified atom stereocenters. The number of carbonyl (C=O) groups excluding carboxylic acids is 2. The first-order valence-corrected chi connectivity index (χ1v) is 7.58. The second-order valence-corrected chi connectivity index (χ2v) is 6.31. The zero-order chi connectivity index (χ0) is 15.1. The maximum Gasteiger partial charge on any atom is 0.407 e. The van der Waals surface area contributed by atoms with Gasteiger partial charge in [-0.15, -0.1) is 11.3 Å². The van der Waals surface area contributed by atoms with E-state index < -0.39 is 12.1 Å². The van der Waals surface area contributed by atoms with Gasteiger partial charge < -0.3 is 15.4 Å². The topological polar surface area (TPSA) is 67.4 Å². The molecular weight excluding hydrogens is 300 g/mol. The molecule has 0 spiro atoms. The van der Waals surface area contributed by atoms with E-state index >= 15 is 0 Å². The lowest BCUT2D eigenvalue weighted by Gasteiger charge is -2.21. The summed E-state index contributed by atoms with van der Waals surface area (Å²) in [6.45, 7) is 6.09. The largest absolute Gasteiger partial charge is 0.450 e. The number of halogens is 1. The van der Waals surface area contributed by atoms with Crippen molar-refractivity contribution >= 4 is 34.9 Å². The fourth-order valence-corrected chi connectivity index (χ4v) is 2.59. The molecule has 2 amide bonds. The van der Waals surface area contributed by atoms with Crippen LogP contribution in [0.25, 0.3) is 0 Å². The van der Waals surface area contributed by atoms with Crippen LogP contribution in [0.3, 0.4) is 0 Å². The molecule has 0 aliphatic carbocycles. The van der Waals surface area contributed by atoms with Crippen LogP contribution in [0.4, 0.5) is 4.79 Å². The molecule has 5 nitrogen and oxygen atoms in total. The van der Waals surface area contributed by atoms with Crippen LogP contribution in [0.5, 0.6) is 0 Å². The van der Waals surface area contributed by atoms with E-state index in [4.69, 9.17) is 16.3 Å². The average molecular weight is 319 g/mol. The fraction of sp³-hybridized carbons (Fsp3) is 0.538. The summed E-state index contributed by atoms with van der Waals surface area (Å²) in [6, 6.07) is 3.02. The minimum absolute atomic E-state index is 0.0358. The molecule has 2 N–H and O–H groups in total. The van der Waals surface area contributed by atoms with E-state index in [9.17, 15) is 9.59 Å². The quantitative estimate of drug-likeness (QED) is 0.847. The van der Waals surface area contributed by atoms with Gasteiger partial charge in [0.05, 0.1) is 17.5 Å². The van der Waals surface area contributed by atoms with E-state index in [1.807, 2.05) is 19.9 Å². The Morgan fingerprint density at radius 1 is 1.40 bits per heavy atom. The van der Waals surface area contributed by atoms with Crippen LogP contribution in [0.15, 0.2) is 12.1 Å². The standard InChI is InChI=1S/C13H19ClN2O3S/c1-4-19-13(18)16-11(8(2)3)12(17)15-7-9-5-6-10(14)20-9/h5-6,8,11H,4,7H2,1-3H3,(H,15,17)(H,16,18). The van der Waals surface area contributed by atoms with E-state index in [0.717, 1.165) is 4.88 Å². The first-order valence-electron chi connectivity index (χ1n) is 6.39. The number of alkyl carbamates (subject to hydrolysis) is 1. The van der Waals surface area contributed by atoms with Crippen molar-refractivity contribution in [2.24, 2.45) is 5.92 Å². The molecule has 1 heterocycles. The number of rotatable bonds is 6. The van der Waals surface area contributed by atoms with Gasteiger partial charge in [0.2, 0.25) is 5.91 Å². The lowest BCUT2D eigenvalue weighted by Crippen LogP contribution is -2.49. The molecule has 0 bridgehead atoms. The molecule has 0 aliphatic heterocycles. The Kier molecular flexibility index (Phi) is 6.81. The monoisotopic (exact) mass is 318 g/mol. The minimum atomic E-state index is -0.621. The molecule has 112 valence electrons. The van der Waals surface area contributed by atoms with Crippen molar-refractivity contribution in [2.45, 2.75) is 33.4 Å². The molecule has 20 heavy (non-hydrogen) atoms. The Labute approximate surface area is 127 Å². The Morgan fingerprint density at radius 2 is 2.10 bits per heavy atom. The van der Waals surface area contributed by atoms with Crippen molar-refractivity contribution in [3.8, 4) is 0 Å².